The number of rotatable bonds is 7. The molecule has 9 heteroatoms. The first-order valence-corrected chi connectivity index (χ1v) is 15.5. The van der Waals surface area contributed by atoms with Crippen molar-refractivity contribution in [3.63, 3.8) is 0 Å². The number of amides is 2. The number of ether oxygens (including phenoxy) is 1. The number of fused-ring (bicyclic) bond motifs is 4. The van der Waals surface area contributed by atoms with Gasteiger partial charge in [0.1, 0.15) is 11.3 Å². The van der Waals surface area contributed by atoms with Crippen molar-refractivity contribution >= 4 is 33.8 Å². The third kappa shape index (κ3) is 4.13. The van der Waals surface area contributed by atoms with Gasteiger partial charge in [0.25, 0.3) is 5.91 Å². The number of carbonyl (C=O) groups excluding carboxylic acids is 2. The largest absolute Gasteiger partial charge is 0.494 e. The fourth-order valence-electron chi connectivity index (χ4n) is 7.57. The Morgan fingerprint density at radius 1 is 0.977 bits per heavy atom. The van der Waals surface area contributed by atoms with Crippen LogP contribution in [0, 0.1) is 11.8 Å². The molecule has 4 N–H and O–H groups in total. The lowest BCUT2D eigenvalue weighted by atomic mass is 10.0. The fraction of sp³-hybridized carbons (Fsp3) is 0.343. The zero-order valence-corrected chi connectivity index (χ0v) is 25.0. The van der Waals surface area contributed by atoms with Crippen LogP contribution in [-0.4, -0.2) is 56.6 Å². The second kappa shape index (κ2) is 9.95. The molecular weight excluding hydrogens is 552 g/mol. The first-order valence-electron chi connectivity index (χ1n) is 15.5. The third-order valence-corrected chi connectivity index (χ3v) is 10.1. The maximum absolute atomic E-state index is 13.7. The number of aryl methyl sites for hydroxylation is 1. The lowest BCUT2D eigenvalue weighted by Gasteiger charge is -2.27. The van der Waals surface area contributed by atoms with Crippen LogP contribution in [0.1, 0.15) is 46.4 Å². The predicted molar refractivity (Wildman–Crippen MR) is 170 cm³/mol. The summed E-state index contributed by atoms with van der Waals surface area (Å²) in [4.78, 5) is 32.5. The molecule has 3 aliphatic rings. The van der Waals surface area contributed by atoms with E-state index in [0.717, 1.165) is 64.0 Å². The molecule has 2 amide bonds. The summed E-state index contributed by atoms with van der Waals surface area (Å²) in [5.41, 5.74) is 18.8. The maximum Gasteiger partial charge on any atom is 0.254 e. The molecule has 3 heterocycles. The van der Waals surface area contributed by atoms with Crippen molar-refractivity contribution in [3.05, 3.63) is 71.8 Å². The average molecular weight is 589 g/mol. The molecule has 2 aliphatic carbocycles. The summed E-state index contributed by atoms with van der Waals surface area (Å²) in [5, 5.41) is 1.12. The van der Waals surface area contributed by atoms with Gasteiger partial charge in [-0.3, -0.25) is 9.59 Å². The Bertz CT molecular complexity index is 1970. The first-order chi connectivity index (χ1) is 21.3. The number of likely N-dealkylation sites (tertiary alicyclic amines) is 1. The molecule has 2 bridgehead atoms. The quantitative estimate of drug-likeness (QED) is 0.279. The molecule has 0 radical (unpaired) electrons. The highest BCUT2D eigenvalue weighted by Crippen LogP contribution is 2.42. The highest BCUT2D eigenvalue weighted by molar-refractivity contribution is 6.02. The number of aromatic nitrogens is 3. The van der Waals surface area contributed by atoms with E-state index in [-0.39, 0.29) is 18.0 Å². The summed E-state index contributed by atoms with van der Waals surface area (Å²) < 4.78 is 10.3. The van der Waals surface area contributed by atoms with Crippen LogP contribution in [0.25, 0.3) is 44.6 Å². The van der Waals surface area contributed by atoms with Gasteiger partial charge in [-0.2, -0.15) is 0 Å². The van der Waals surface area contributed by atoms with Crippen molar-refractivity contribution in [1.82, 2.24) is 19.0 Å². The molecule has 3 atom stereocenters. The number of piperidine rings is 1. The molecule has 1 saturated heterocycles. The van der Waals surface area contributed by atoms with Crippen LogP contribution < -0.4 is 16.2 Å². The molecular formula is C35H36N6O3. The van der Waals surface area contributed by atoms with E-state index in [1.165, 1.54) is 12.8 Å². The molecule has 2 saturated carbocycles. The van der Waals surface area contributed by atoms with Crippen LogP contribution in [-0.2, 0) is 13.6 Å². The zero-order chi connectivity index (χ0) is 30.3. The van der Waals surface area contributed by atoms with Crippen molar-refractivity contribution in [3.8, 4) is 28.4 Å². The lowest BCUT2D eigenvalue weighted by molar-refractivity contribution is 0.0700. The summed E-state index contributed by atoms with van der Waals surface area (Å²) >= 11 is 0. The minimum atomic E-state index is -0.437. The van der Waals surface area contributed by atoms with Gasteiger partial charge >= 0.3 is 0 Å². The number of methoxy groups -OCH3 is 1. The van der Waals surface area contributed by atoms with Gasteiger partial charge in [0.15, 0.2) is 5.82 Å². The number of hydrogen-bond acceptors (Lipinski definition) is 5. The molecule has 3 aromatic carbocycles. The van der Waals surface area contributed by atoms with Gasteiger partial charge in [-0.15, -0.1) is 0 Å². The molecule has 9 nitrogen and oxygen atoms in total. The van der Waals surface area contributed by atoms with Gasteiger partial charge in [0.05, 0.1) is 23.8 Å². The fourth-order valence-corrected chi connectivity index (χ4v) is 7.57. The van der Waals surface area contributed by atoms with Crippen LogP contribution in [0.15, 0.2) is 60.7 Å². The van der Waals surface area contributed by atoms with Crippen LogP contribution in [0.2, 0.25) is 0 Å². The Hall–Kier alpha value is -4.63. The Balaban J connectivity index is 1.26. The smallest absolute Gasteiger partial charge is 0.254 e. The van der Waals surface area contributed by atoms with Crippen LogP contribution in [0.3, 0.4) is 0 Å². The second-order valence-corrected chi connectivity index (χ2v) is 12.7. The van der Waals surface area contributed by atoms with Crippen molar-refractivity contribution < 1.29 is 14.3 Å². The van der Waals surface area contributed by atoms with Gasteiger partial charge in [-0.25, -0.2) is 4.98 Å². The lowest BCUT2D eigenvalue weighted by Crippen LogP contribution is -2.41. The van der Waals surface area contributed by atoms with Gasteiger partial charge in [0.2, 0.25) is 5.91 Å². The van der Waals surface area contributed by atoms with Gasteiger partial charge in [-0.05, 0) is 73.4 Å². The van der Waals surface area contributed by atoms with E-state index in [4.69, 9.17) is 21.2 Å². The van der Waals surface area contributed by atoms with Crippen molar-refractivity contribution in [2.45, 2.75) is 44.3 Å². The van der Waals surface area contributed by atoms with Crippen LogP contribution >= 0.6 is 0 Å². The summed E-state index contributed by atoms with van der Waals surface area (Å²) in [6, 6.07) is 19.9. The minimum Gasteiger partial charge on any atom is -0.494 e. The molecule has 0 unspecified atom stereocenters. The average Bonchev–Trinajstić information content (AvgIpc) is 3.42. The number of nitrogens with two attached hydrogens (primary N) is 2. The van der Waals surface area contributed by atoms with E-state index in [1.54, 1.807) is 19.2 Å². The number of benzene rings is 3. The van der Waals surface area contributed by atoms with Gasteiger partial charge < -0.3 is 30.2 Å². The van der Waals surface area contributed by atoms with E-state index >= 15 is 0 Å². The van der Waals surface area contributed by atoms with Gasteiger partial charge in [0, 0.05) is 54.3 Å². The predicted octanol–water partition coefficient (Wildman–Crippen LogP) is 4.94. The van der Waals surface area contributed by atoms with E-state index in [9.17, 15) is 9.59 Å². The highest BCUT2D eigenvalue weighted by atomic mass is 16.5. The second-order valence-electron chi connectivity index (χ2n) is 12.7. The van der Waals surface area contributed by atoms with Crippen molar-refractivity contribution in [1.29, 1.82) is 0 Å². The molecule has 2 aromatic heterocycles. The Labute approximate surface area is 255 Å². The topological polar surface area (TPSA) is 121 Å². The van der Waals surface area contributed by atoms with E-state index in [0.29, 0.717) is 35.3 Å². The zero-order valence-electron chi connectivity index (χ0n) is 25.0. The summed E-state index contributed by atoms with van der Waals surface area (Å²) in [6.07, 6.45) is 4.47. The third-order valence-electron chi connectivity index (χ3n) is 10.1. The molecule has 8 rings (SSSR count). The Kier molecular flexibility index (Phi) is 6.10. The number of nitrogens with zero attached hydrogens (tertiary/aromatic N) is 4. The molecule has 5 aromatic rings. The normalized spacial score (nSPS) is 21.1. The first kappa shape index (κ1) is 27.0. The van der Waals surface area contributed by atoms with Crippen LogP contribution in [0.5, 0.6) is 5.75 Å². The summed E-state index contributed by atoms with van der Waals surface area (Å²) in [6.45, 7) is 1.60. The maximum atomic E-state index is 13.7. The SMILES string of the molecule is COc1cc(C(=O)N2C[C@H]3CC[C@@H]2[C@@H]3N)cc2nc(-c3cc4cccc(-c5ccc(C(N)=O)cc5)c4n3CC3CC3)n(C)c12. The standard InChI is InChI=1S/C35H36N6O3/c1-39-32-26(14-24(16-29(32)44-2)35(43)41-18-23-12-13-27(41)30(23)36)38-34(39)28-15-22-4-3-5-25(31(22)40(28)17-19-6-7-19)20-8-10-21(11-9-20)33(37)42/h3-5,8-11,14-16,19,23,27,30H,6-7,12-13,17-18,36H2,1-2H3,(H2,37,42)/t23-,27-,30-/m1/s1. The van der Waals surface area contributed by atoms with E-state index in [1.807, 2.05) is 36.2 Å². The summed E-state index contributed by atoms with van der Waals surface area (Å²) in [7, 11) is 3.65. The number of primary amides is 1. The Morgan fingerprint density at radius 2 is 1.77 bits per heavy atom. The van der Waals surface area contributed by atoms with E-state index < -0.39 is 5.91 Å². The molecule has 1 aliphatic heterocycles. The summed E-state index contributed by atoms with van der Waals surface area (Å²) in [5.74, 6) is 2.00. The molecule has 44 heavy (non-hydrogen) atoms. The Morgan fingerprint density at radius 3 is 2.43 bits per heavy atom. The number of carbonyl (C=O) groups is 2. The minimum absolute atomic E-state index is 0.00473. The number of hydrogen-bond donors (Lipinski definition) is 2. The van der Waals surface area contributed by atoms with Gasteiger partial charge in [-0.1, -0.05) is 30.3 Å². The van der Waals surface area contributed by atoms with Crippen molar-refractivity contribution in [2.75, 3.05) is 13.7 Å². The number of imidazole rings is 1. The highest BCUT2D eigenvalue weighted by Gasteiger charge is 2.47. The molecule has 3 fully saturated rings. The van der Waals surface area contributed by atoms with Crippen LogP contribution in [0.4, 0.5) is 0 Å². The molecule has 0 spiro atoms. The van der Waals surface area contributed by atoms with E-state index in [2.05, 4.69) is 33.4 Å². The van der Waals surface area contributed by atoms with Crippen molar-refractivity contribution in [2.24, 2.45) is 30.4 Å². The molecule has 224 valence electrons. The monoisotopic (exact) mass is 588 g/mol. The number of para-hydroxylation sites is 1.